The smallest absolute Gasteiger partial charge is 0.261 e. The molecule has 28 heavy (non-hydrogen) atoms. The van der Waals surface area contributed by atoms with Crippen LogP contribution >= 0.6 is 15.9 Å². The van der Waals surface area contributed by atoms with Gasteiger partial charge in [0.15, 0.2) is 11.6 Å². The molecule has 1 aromatic heterocycles. The number of ketones is 2. The molecule has 1 heterocycles. The lowest BCUT2D eigenvalue weighted by molar-refractivity contribution is 0.101. The molecule has 3 rings (SSSR count). The number of sulfonamides is 1. The molecule has 8 heteroatoms. The second-order valence-corrected chi connectivity index (χ2v) is 8.54. The van der Waals surface area contributed by atoms with Crippen LogP contribution in [-0.2, 0) is 10.0 Å². The summed E-state index contributed by atoms with van der Waals surface area (Å²) >= 11 is 3.31. The Morgan fingerprint density at radius 1 is 0.929 bits per heavy atom. The highest BCUT2D eigenvalue weighted by Crippen LogP contribution is 2.26. The van der Waals surface area contributed by atoms with E-state index >= 15 is 0 Å². The molecule has 3 aromatic rings. The van der Waals surface area contributed by atoms with Gasteiger partial charge in [-0.2, -0.15) is 0 Å². The van der Waals surface area contributed by atoms with E-state index in [9.17, 15) is 18.0 Å². The monoisotopic (exact) mass is 458 g/mol. The Morgan fingerprint density at radius 3 is 2.18 bits per heavy atom. The van der Waals surface area contributed by atoms with Crippen LogP contribution in [-0.4, -0.2) is 25.0 Å². The van der Waals surface area contributed by atoms with Gasteiger partial charge in [-0.25, -0.2) is 8.42 Å². The number of benzene rings is 2. The van der Waals surface area contributed by atoms with E-state index in [1.165, 1.54) is 49.6 Å². The van der Waals surface area contributed by atoms with Gasteiger partial charge in [0.2, 0.25) is 0 Å². The summed E-state index contributed by atoms with van der Waals surface area (Å²) in [7, 11) is -3.95. The molecule has 0 saturated carbocycles. The number of nitrogens with zero attached hydrogens (tertiary/aromatic N) is 1. The lowest BCUT2D eigenvalue weighted by Gasteiger charge is -2.13. The van der Waals surface area contributed by atoms with Gasteiger partial charge in [0, 0.05) is 33.6 Å². The van der Waals surface area contributed by atoms with E-state index in [0.29, 0.717) is 15.6 Å². The van der Waals surface area contributed by atoms with Gasteiger partial charge in [0.25, 0.3) is 10.0 Å². The third-order valence-electron chi connectivity index (χ3n) is 3.98. The summed E-state index contributed by atoms with van der Waals surface area (Å²) in [6.07, 6.45) is 2.98. The largest absolute Gasteiger partial charge is 0.295 e. The van der Waals surface area contributed by atoms with Crippen LogP contribution in [0.2, 0.25) is 0 Å². The molecule has 142 valence electrons. The Morgan fingerprint density at radius 2 is 1.57 bits per heavy atom. The zero-order valence-electron chi connectivity index (χ0n) is 14.7. The van der Waals surface area contributed by atoms with E-state index in [1.807, 2.05) is 0 Å². The number of carbonyl (C=O) groups excluding carboxylic acids is 2. The molecule has 0 fully saturated rings. The van der Waals surface area contributed by atoms with Crippen molar-refractivity contribution in [2.75, 3.05) is 4.72 Å². The van der Waals surface area contributed by atoms with E-state index in [1.54, 1.807) is 24.3 Å². The van der Waals surface area contributed by atoms with Crippen molar-refractivity contribution >= 4 is 43.2 Å². The number of aromatic nitrogens is 1. The molecule has 6 nitrogen and oxygen atoms in total. The highest BCUT2D eigenvalue weighted by molar-refractivity contribution is 9.10. The number of hydrogen-bond acceptors (Lipinski definition) is 5. The fourth-order valence-corrected chi connectivity index (χ4v) is 3.97. The Balaban J connectivity index is 1.98. The van der Waals surface area contributed by atoms with E-state index in [4.69, 9.17) is 0 Å². The Kier molecular flexibility index (Phi) is 5.71. The van der Waals surface area contributed by atoms with E-state index < -0.39 is 10.0 Å². The van der Waals surface area contributed by atoms with Crippen molar-refractivity contribution in [3.05, 3.63) is 88.2 Å². The molecule has 0 spiro atoms. The van der Waals surface area contributed by atoms with Gasteiger partial charge in [-0.15, -0.1) is 0 Å². The molecule has 1 N–H and O–H groups in total. The van der Waals surface area contributed by atoms with Gasteiger partial charge in [-0.3, -0.25) is 19.3 Å². The fourth-order valence-electron chi connectivity index (χ4n) is 2.52. The molecule has 2 aromatic carbocycles. The van der Waals surface area contributed by atoms with Crippen LogP contribution in [0.5, 0.6) is 0 Å². The predicted molar refractivity (Wildman–Crippen MR) is 109 cm³/mol. The molecule has 0 atom stereocenters. The summed E-state index contributed by atoms with van der Waals surface area (Å²) in [5.74, 6) is -0.497. The van der Waals surface area contributed by atoms with Crippen molar-refractivity contribution in [1.29, 1.82) is 0 Å². The summed E-state index contributed by atoms with van der Waals surface area (Å²) in [5, 5.41) is 0. The van der Waals surface area contributed by atoms with Crippen molar-refractivity contribution in [3.8, 4) is 0 Å². The molecule has 0 saturated heterocycles. The van der Waals surface area contributed by atoms with Crippen molar-refractivity contribution < 1.29 is 18.0 Å². The number of pyridine rings is 1. The predicted octanol–water partition coefficient (Wildman–Crippen LogP) is 4.08. The first-order chi connectivity index (χ1) is 13.3. The van der Waals surface area contributed by atoms with Gasteiger partial charge in [0.1, 0.15) is 0 Å². The molecule has 0 amide bonds. The third-order valence-corrected chi connectivity index (χ3v) is 5.86. The minimum atomic E-state index is -3.95. The first-order valence-electron chi connectivity index (χ1n) is 8.16. The van der Waals surface area contributed by atoms with Crippen molar-refractivity contribution in [2.24, 2.45) is 0 Å². The van der Waals surface area contributed by atoms with Gasteiger partial charge in [-0.1, -0.05) is 28.1 Å². The number of halogens is 1. The highest BCUT2D eigenvalue weighted by Gasteiger charge is 2.20. The van der Waals surface area contributed by atoms with Crippen molar-refractivity contribution in [1.82, 2.24) is 4.98 Å². The fraction of sp³-hybridized carbons (Fsp3) is 0.0500. The second kappa shape index (κ2) is 8.04. The SMILES string of the molecule is CC(=O)c1ccc(S(=O)(=O)Nc2ccc(Br)cc2C(=O)c2ccncc2)cc1. The number of Topliss-reactive ketones (excluding diaryl/α,β-unsaturated/α-hetero) is 1. The maximum absolute atomic E-state index is 12.8. The average Bonchev–Trinajstić information content (AvgIpc) is 2.69. The number of anilines is 1. The molecule has 0 radical (unpaired) electrons. The number of carbonyl (C=O) groups is 2. The molecule has 0 aliphatic rings. The summed E-state index contributed by atoms with van der Waals surface area (Å²) in [6.45, 7) is 1.40. The standard InChI is InChI=1S/C20H15BrN2O4S/c1-13(24)14-2-5-17(6-3-14)28(26,27)23-19-7-4-16(21)12-18(19)20(25)15-8-10-22-11-9-15/h2-12,23H,1H3. The molecular formula is C20H15BrN2O4S. The normalized spacial score (nSPS) is 11.1. The number of nitrogens with one attached hydrogen (secondary N) is 1. The topological polar surface area (TPSA) is 93.2 Å². The summed E-state index contributed by atoms with van der Waals surface area (Å²) < 4.78 is 28.6. The van der Waals surface area contributed by atoms with Crippen LogP contribution in [0.15, 0.2) is 76.4 Å². The Bertz CT molecular complexity index is 1140. The maximum Gasteiger partial charge on any atom is 0.261 e. The van der Waals surface area contributed by atoms with E-state index in [2.05, 4.69) is 25.6 Å². The quantitative estimate of drug-likeness (QED) is 0.561. The van der Waals surface area contributed by atoms with Crippen molar-refractivity contribution in [3.63, 3.8) is 0 Å². The van der Waals surface area contributed by atoms with Crippen molar-refractivity contribution in [2.45, 2.75) is 11.8 Å². The van der Waals surface area contributed by atoms with Crippen LogP contribution in [0.4, 0.5) is 5.69 Å². The first-order valence-corrected chi connectivity index (χ1v) is 10.4. The zero-order chi connectivity index (χ0) is 20.3. The van der Waals surface area contributed by atoms with Crippen LogP contribution in [0, 0.1) is 0 Å². The average molecular weight is 459 g/mol. The first kappa shape index (κ1) is 19.9. The summed E-state index contributed by atoms with van der Waals surface area (Å²) in [5.41, 5.74) is 1.15. The number of hydrogen-bond donors (Lipinski definition) is 1. The molecule has 0 unspecified atom stereocenters. The summed E-state index contributed by atoms with van der Waals surface area (Å²) in [4.78, 5) is 28.1. The van der Waals surface area contributed by atoms with Crippen LogP contribution in [0.1, 0.15) is 33.2 Å². The maximum atomic E-state index is 12.8. The van der Waals surface area contributed by atoms with Crippen LogP contribution in [0.3, 0.4) is 0 Å². The number of rotatable bonds is 6. The zero-order valence-corrected chi connectivity index (χ0v) is 17.1. The van der Waals surface area contributed by atoms with Crippen LogP contribution in [0.25, 0.3) is 0 Å². The Labute approximate surface area is 170 Å². The van der Waals surface area contributed by atoms with Gasteiger partial charge >= 0.3 is 0 Å². The van der Waals surface area contributed by atoms with Gasteiger partial charge in [0.05, 0.1) is 10.6 Å². The minimum Gasteiger partial charge on any atom is -0.295 e. The Hall–Kier alpha value is -2.84. The van der Waals surface area contributed by atoms with E-state index in [-0.39, 0.29) is 27.7 Å². The molecule has 0 aliphatic carbocycles. The molecule has 0 aliphatic heterocycles. The van der Waals surface area contributed by atoms with Gasteiger partial charge in [-0.05, 0) is 49.4 Å². The third kappa shape index (κ3) is 4.35. The highest BCUT2D eigenvalue weighted by atomic mass is 79.9. The molecular weight excluding hydrogens is 444 g/mol. The lowest BCUT2D eigenvalue weighted by atomic mass is 10.0. The lowest BCUT2D eigenvalue weighted by Crippen LogP contribution is -2.16. The van der Waals surface area contributed by atoms with Crippen LogP contribution < -0.4 is 4.72 Å². The van der Waals surface area contributed by atoms with Gasteiger partial charge < -0.3 is 0 Å². The molecule has 0 bridgehead atoms. The second-order valence-electron chi connectivity index (χ2n) is 5.94. The summed E-state index contributed by atoms with van der Waals surface area (Å²) in [6, 6.07) is 13.4. The van der Waals surface area contributed by atoms with E-state index in [0.717, 1.165) is 0 Å². The minimum absolute atomic E-state index is 0.0114.